The van der Waals surface area contributed by atoms with E-state index in [4.69, 9.17) is 0 Å². The van der Waals surface area contributed by atoms with E-state index in [0.29, 0.717) is 18.5 Å². The molecular formula is C30H30F2N6O3S. The van der Waals surface area contributed by atoms with E-state index in [0.717, 1.165) is 22.9 Å². The van der Waals surface area contributed by atoms with Gasteiger partial charge in [-0.25, -0.2) is 21.9 Å². The summed E-state index contributed by atoms with van der Waals surface area (Å²) in [6.07, 6.45) is 9.00. The Kier molecular flexibility index (Phi) is 6.93. The second-order valence-electron chi connectivity index (χ2n) is 11.2. The Labute approximate surface area is 242 Å². The third-order valence-electron chi connectivity index (χ3n) is 8.22. The number of hydrogen-bond acceptors (Lipinski definition) is 6. The molecule has 2 atom stereocenters. The highest BCUT2D eigenvalue weighted by atomic mass is 32.2. The van der Waals surface area contributed by atoms with Crippen LogP contribution in [0.4, 0.5) is 8.78 Å². The minimum absolute atomic E-state index is 0.0119. The fourth-order valence-electron chi connectivity index (χ4n) is 6.41. The van der Waals surface area contributed by atoms with Crippen LogP contribution < -0.4 is 0 Å². The molecule has 0 spiro atoms. The van der Waals surface area contributed by atoms with Crippen LogP contribution in [0, 0.1) is 17.0 Å². The molecule has 0 bridgehead atoms. The summed E-state index contributed by atoms with van der Waals surface area (Å²) in [7, 11) is -2.29. The number of carbonyl (C=O) groups excluding carboxylic acids is 1. The van der Waals surface area contributed by atoms with Gasteiger partial charge >= 0.3 is 0 Å². The van der Waals surface area contributed by atoms with Crippen molar-refractivity contribution >= 4 is 21.9 Å². The number of sulfonamides is 1. The van der Waals surface area contributed by atoms with E-state index in [9.17, 15) is 22.0 Å². The number of allylic oxidation sites excluding steroid dienone is 1. The smallest absolute Gasteiger partial charge is 0.246 e. The van der Waals surface area contributed by atoms with Gasteiger partial charge in [0.15, 0.2) is 5.78 Å². The maximum atomic E-state index is 14.4. The van der Waals surface area contributed by atoms with Crippen LogP contribution in [-0.2, 0) is 23.5 Å². The molecule has 1 saturated carbocycles. The van der Waals surface area contributed by atoms with Crippen molar-refractivity contribution in [3.63, 3.8) is 0 Å². The molecule has 218 valence electrons. The van der Waals surface area contributed by atoms with E-state index in [2.05, 4.69) is 15.2 Å². The summed E-state index contributed by atoms with van der Waals surface area (Å²) in [4.78, 5) is 18.7. The lowest BCUT2D eigenvalue weighted by molar-refractivity contribution is 0.0722. The molecule has 0 radical (unpaired) electrons. The van der Waals surface area contributed by atoms with Crippen molar-refractivity contribution in [2.24, 2.45) is 12.5 Å². The van der Waals surface area contributed by atoms with Gasteiger partial charge in [-0.15, -0.1) is 0 Å². The van der Waals surface area contributed by atoms with Crippen molar-refractivity contribution in [1.29, 1.82) is 0 Å². The molecule has 9 nitrogen and oxygen atoms in total. The fraction of sp³-hybridized carbons (Fsp3) is 0.333. The number of carbonyl (C=O) groups is 1. The van der Waals surface area contributed by atoms with E-state index in [-0.39, 0.29) is 35.0 Å². The second-order valence-corrected chi connectivity index (χ2v) is 13.1. The average molecular weight is 593 g/mol. The number of aryl methyl sites for hydroxylation is 1. The average Bonchev–Trinajstić information content (AvgIpc) is 3.57. The number of rotatable bonds is 7. The lowest BCUT2D eigenvalue weighted by Gasteiger charge is -2.47. The molecule has 2 aliphatic carbocycles. The normalized spacial score (nSPS) is 20.4. The van der Waals surface area contributed by atoms with Crippen molar-refractivity contribution in [3.8, 4) is 5.69 Å². The van der Waals surface area contributed by atoms with Crippen LogP contribution >= 0.6 is 0 Å². The molecule has 1 aromatic carbocycles. The maximum Gasteiger partial charge on any atom is 0.246 e. The number of fused-ring (bicyclic) bond motifs is 2. The Morgan fingerprint density at radius 2 is 1.86 bits per heavy atom. The summed E-state index contributed by atoms with van der Waals surface area (Å²) < 4.78 is 60.3. The maximum absolute atomic E-state index is 14.4. The summed E-state index contributed by atoms with van der Waals surface area (Å²) in [6, 6.07) is 7.37. The minimum Gasteiger partial charge on any atom is -0.291 e. The lowest BCUT2D eigenvalue weighted by atomic mass is 9.60. The molecule has 42 heavy (non-hydrogen) atoms. The Balaban J connectivity index is 1.46. The fourth-order valence-corrected chi connectivity index (χ4v) is 8.25. The van der Waals surface area contributed by atoms with Crippen molar-refractivity contribution in [1.82, 2.24) is 28.9 Å². The number of pyridine rings is 1. The molecule has 0 amide bonds. The molecule has 4 aromatic rings. The van der Waals surface area contributed by atoms with Crippen molar-refractivity contribution in [3.05, 3.63) is 95.3 Å². The van der Waals surface area contributed by atoms with Crippen molar-refractivity contribution in [2.75, 3.05) is 0 Å². The van der Waals surface area contributed by atoms with Gasteiger partial charge in [-0.05, 0) is 81.5 Å². The first-order valence-corrected chi connectivity index (χ1v) is 15.2. The summed E-state index contributed by atoms with van der Waals surface area (Å²) in [5.74, 6) is -1.30. The van der Waals surface area contributed by atoms with Crippen LogP contribution in [0.15, 0.2) is 71.7 Å². The van der Waals surface area contributed by atoms with Gasteiger partial charge in [0.05, 0.1) is 29.2 Å². The Morgan fingerprint density at radius 1 is 1.10 bits per heavy atom. The van der Waals surface area contributed by atoms with Gasteiger partial charge in [0.2, 0.25) is 10.0 Å². The predicted molar refractivity (Wildman–Crippen MR) is 151 cm³/mol. The number of benzene rings is 1. The van der Waals surface area contributed by atoms with Crippen LogP contribution in [0.2, 0.25) is 0 Å². The highest BCUT2D eigenvalue weighted by Gasteiger charge is 2.52. The Morgan fingerprint density at radius 3 is 2.52 bits per heavy atom. The zero-order valence-corrected chi connectivity index (χ0v) is 24.2. The van der Waals surface area contributed by atoms with Crippen molar-refractivity contribution < 1.29 is 22.0 Å². The van der Waals surface area contributed by atoms with Gasteiger partial charge in [-0.1, -0.05) is 5.57 Å². The van der Waals surface area contributed by atoms with E-state index in [1.807, 2.05) is 19.9 Å². The summed E-state index contributed by atoms with van der Waals surface area (Å²) in [5.41, 5.74) is 1.86. The molecule has 12 heteroatoms. The minimum atomic E-state index is -3.94. The number of nitrogens with zero attached hydrogens (tertiary/aromatic N) is 6. The molecule has 0 saturated heterocycles. The molecule has 0 unspecified atom stereocenters. The number of ketones is 1. The third kappa shape index (κ3) is 4.68. The topological polar surface area (TPSA) is 103 Å². The zero-order valence-electron chi connectivity index (χ0n) is 23.4. The Bertz CT molecular complexity index is 1810. The number of Topliss-reactive ketones (excluding diaryl/α,β-unsaturated/α-hetero) is 1. The van der Waals surface area contributed by atoms with Crippen molar-refractivity contribution in [2.45, 2.75) is 56.5 Å². The molecule has 0 N–H and O–H groups in total. The van der Waals surface area contributed by atoms with Gasteiger partial charge in [0.25, 0.3) is 0 Å². The first-order chi connectivity index (χ1) is 20.0. The van der Waals surface area contributed by atoms with Gasteiger partial charge < -0.3 is 0 Å². The second kappa shape index (κ2) is 10.4. The molecule has 1 fully saturated rings. The monoisotopic (exact) mass is 592 g/mol. The summed E-state index contributed by atoms with van der Waals surface area (Å²) >= 11 is 0. The molecule has 6 rings (SSSR count). The van der Waals surface area contributed by atoms with E-state index < -0.39 is 33.3 Å². The Hall–Kier alpha value is -4.03. The zero-order chi connectivity index (χ0) is 29.8. The molecule has 3 aromatic heterocycles. The third-order valence-corrected chi connectivity index (χ3v) is 10.3. The summed E-state index contributed by atoms with van der Waals surface area (Å²) in [6.45, 7) is 3.63. The SMILES string of the molecule is CC(C)N([C@H]1CCC2=Cc3c(cnn3-c3ccc(F)cc3)C[C@]2(C(=O)c2cc(F)ccn2)C1)S(=O)(=O)c1cnn(C)c1. The summed E-state index contributed by atoms with van der Waals surface area (Å²) in [5, 5.41) is 8.60. The van der Waals surface area contributed by atoms with Crippen LogP contribution in [0.5, 0.6) is 0 Å². The van der Waals surface area contributed by atoms with Gasteiger partial charge in [-0.3, -0.25) is 14.5 Å². The molecule has 3 heterocycles. The van der Waals surface area contributed by atoms with Crippen LogP contribution in [0.1, 0.15) is 54.9 Å². The molecular weight excluding hydrogens is 562 g/mol. The van der Waals surface area contributed by atoms with E-state index in [1.54, 1.807) is 30.1 Å². The standard InChI is InChI=1S/C30H30F2N6O3S/c1-19(2)38(42(40,41)26-17-34-36(3)18-26)25-7-4-21-12-28-20(16-35-37(28)24-8-5-22(31)6-9-24)14-30(21,15-25)29(39)27-13-23(32)10-11-33-27/h5-6,8-13,16-19,25H,4,7,14-15H2,1-3H3/t25-,30-/m0/s1. The van der Waals surface area contributed by atoms with Crippen LogP contribution in [-0.4, -0.2) is 55.1 Å². The molecule has 2 aliphatic rings. The lowest BCUT2D eigenvalue weighted by Crippen LogP contribution is -2.52. The first-order valence-electron chi connectivity index (χ1n) is 13.7. The van der Waals surface area contributed by atoms with Gasteiger partial charge in [0.1, 0.15) is 22.2 Å². The van der Waals surface area contributed by atoms with Crippen LogP contribution in [0.3, 0.4) is 0 Å². The highest BCUT2D eigenvalue weighted by Crippen LogP contribution is 2.51. The number of hydrogen-bond donors (Lipinski definition) is 0. The first kappa shape index (κ1) is 28.1. The van der Waals surface area contributed by atoms with Gasteiger partial charge in [0, 0.05) is 37.6 Å². The molecule has 0 aliphatic heterocycles. The van der Waals surface area contributed by atoms with Crippen LogP contribution in [0.25, 0.3) is 11.8 Å². The van der Waals surface area contributed by atoms with E-state index >= 15 is 0 Å². The largest absolute Gasteiger partial charge is 0.291 e. The van der Waals surface area contributed by atoms with E-state index in [1.165, 1.54) is 45.8 Å². The number of aromatic nitrogens is 5. The van der Waals surface area contributed by atoms with Gasteiger partial charge in [-0.2, -0.15) is 14.5 Å². The number of halogens is 2. The quantitative estimate of drug-likeness (QED) is 0.287. The highest BCUT2D eigenvalue weighted by molar-refractivity contribution is 7.89. The predicted octanol–water partition coefficient (Wildman–Crippen LogP) is 4.74.